The molecule has 3 aromatic rings. The molecular weight excluding hydrogens is 558 g/mol. The van der Waals surface area contributed by atoms with Crippen LogP contribution in [0.1, 0.15) is 31.4 Å². The molecule has 0 aliphatic carbocycles. The summed E-state index contributed by atoms with van der Waals surface area (Å²) in [5, 5.41) is 2.79. The van der Waals surface area contributed by atoms with Crippen LogP contribution in [0, 0.1) is 6.92 Å². The van der Waals surface area contributed by atoms with Crippen LogP contribution in [0.5, 0.6) is 17.2 Å². The van der Waals surface area contributed by atoms with Crippen LogP contribution < -0.4 is 23.8 Å². The first-order valence-corrected chi connectivity index (χ1v) is 15.0. The normalized spacial score (nSPS) is 11.8. The van der Waals surface area contributed by atoms with Gasteiger partial charge in [-0.3, -0.25) is 13.9 Å². The van der Waals surface area contributed by atoms with Crippen molar-refractivity contribution in [2.45, 2.75) is 44.7 Å². The van der Waals surface area contributed by atoms with Gasteiger partial charge in [0.05, 0.1) is 31.9 Å². The lowest BCUT2D eigenvalue weighted by Gasteiger charge is -2.33. The zero-order valence-electron chi connectivity index (χ0n) is 24.9. The molecule has 226 valence electrons. The summed E-state index contributed by atoms with van der Waals surface area (Å²) in [7, 11) is 0.171. The number of sulfonamides is 1. The van der Waals surface area contributed by atoms with Gasteiger partial charge in [-0.2, -0.15) is 0 Å². The minimum Gasteiger partial charge on any atom is -0.497 e. The average Bonchev–Trinajstić information content (AvgIpc) is 2.99. The number of anilines is 1. The van der Waals surface area contributed by atoms with Gasteiger partial charge in [-0.15, -0.1) is 0 Å². The molecule has 1 atom stereocenters. The summed E-state index contributed by atoms with van der Waals surface area (Å²) in [6.45, 7) is 5.32. The predicted octanol–water partition coefficient (Wildman–Crippen LogP) is 4.16. The van der Waals surface area contributed by atoms with Gasteiger partial charge in [-0.25, -0.2) is 8.42 Å². The number of carbonyl (C=O) groups excluding carboxylic acids is 2. The minimum atomic E-state index is -4.27. The zero-order valence-corrected chi connectivity index (χ0v) is 25.7. The molecule has 42 heavy (non-hydrogen) atoms. The first-order chi connectivity index (χ1) is 20.1. The first-order valence-electron chi connectivity index (χ1n) is 13.6. The lowest BCUT2D eigenvalue weighted by Crippen LogP contribution is -2.52. The Morgan fingerprint density at radius 2 is 1.48 bits per heavy atom. The summed E-state index contributed by atoms with van der Waals surface area (Å²) in [4.78, 5) is 28.7. The third-order valence-electron chi connectivity index (χ3n) is 6.79. The number of benzene rings is 3. The van der Waals surface area contributed by atoms with E-state index in [0.717, 1.165) is 15.4 Å². The molecule has 0 spiro atoms. The van der Waals surface area contributed by atoms with Crippen LogP contribution in [-0.4, -0.2) is 65.6 Å². The SMILES string of the molecule is CCNC(=O)C(CC)N(Cc1ccc(OC)cc1)C(=O)CN(c1cc(OC)ccc1OC)S(=O)(=O)c1ccc(C)cc1. The number of methoxy groups -OCH3 is 3. The largest absolute Gasteiger partial charge is 0.497 e. The molecule has 0 bridgehead atoms. The summed E-state index contributed by atoms with van der Waals surface area (Å²) in [5.41, 5.74) is 1.76. The van der Waals surface area contributed by atoms with E-state index in [2.05, 4.69) is 5.32 Å². The Labute approximate surface area is 248 Å². The van der Waals surface area contributed by atoms with Crippen molar-refractivity contribution in [2.24, 2.45) is 0 Å². The van der Waals surface area contributed by atoms with Crippen LogP contribution in [0.2, 0.25) is 0 Å². The summed E-state index contributed by atoms with van der Waals surface area (Å²) >= 11 is 0. The fraction of sp³-hybridized carbons (Fsp3) is 0.355. The van der Waals surface area contributed by atoms with Crippen LogP contribution in [0.25, 0.3) is 0 Å². The van der Waals surface area contributed by atoms with E-state index in [4.69, 9.17) is 14.2 Å². The van der Waals surface area contributed by atoms with Gasteiger partial charge >= 0.3 is 0 Å². The lowest BCUT2D eigenvalue weighted by molar-refractivity contribution is -0.140. The van der Waals surface area contributed by atoms with E-state index in [0.29, 0.717) is 24.5 Å². The van der Waals surface area contributed by atoms with Crippen molar-refractivity contribution in [3.05, 3.63) is 77.9 Å². The Kier molecular flexibility index (Phi) is 11.2. The van der Waals surface area contributed by atoms with Crippen molar-refractivity contribution in [3.63, 3.8) is 0 Å². The monoisotopic (exact) mass is 597 g/mol. The molecule has 11 heteroatoms. The van der Waals surface area contributed by atoms with Crippen molar-refractivity contribution in [2.75, 3.05) is 38.7 Å². The number of nitrogens with zero attached hydrogens (tertiary/aromatic N) is 2. The van der Waals surface area contributed by atoms with E-state index in [9.17, 15) is 18.0 Å². The van der Waals surface area contributed by atoms with Gasteiger partial charge in [-0.1, -0.05) is 36.8 Å². The number of amides is 2. The molecule has 0 radical (unpaired) electrons. The molecule has 0 fully saturated rings. The summed E-state index contributed by atoms with van der Waals surface area (Å²) < 4.78 is 45.4. The highest BCUT2D eigenvalue weighted by Crippen LogP contribution is 2.36. The minimum absolute atomic E-state index is 0.00300. The average molecular weight is 598 g/mol. The molecule has 0 saturated heterocycles. The standard InChI is InChI=1S/C31H39N3O7S/c1-7-27(31(36)32-8-2)33(20-23-11-13-24(39-4)14-12-23)30(35)21-34(28-19-25(40-5)15-18-29(28)41-6)42(37,38)26-16-9-22(3)10-17-26/h9-19,27H,7-8,20-21H2,1-6H3,(H,32,36). The molecule has 10 nitrogen and oxygen atoms in total. The van der Waals surface area contributed by atoms with Gasteiger partial charge in [-0.05, 0) is 62.2 Å². The molecule has 0 heterocycles. The van der Waals surface area contributed by atoms with E-state index in [-0.39, 0.29) is 28.8 Å². The molecule has 2 amide bonds. The van der Waals surface area contributed by atoms with E-state index in [1.165, 1.54) is 37.3 Å². The Balaban J connectivity index is 2.14. The van der Waals surface area contributed by atoms with E-state index >= 15 is 0 Å². The van der Waals surface area contributed by atoms with Gasteiger partial charge in [0.25, 0.3) is 10.0 Å². The molecule has 1 N–H and O–H groups in total. The molecular formula is C31H39N3O7S. The van der Waals surface area contributed by atoms with E-state index in [1.54, 1.807) is 69.5 Å². The van der Waals surface area contributed by atoms with Crippen LogP contribution in [-0.2, 0) is 26.2 Å². The third-order valence-corrected chi connectivity index (χ3v) is 8.57. The predicted molar refractivity (Wildman–Crippen MR) is 162 cm³/mol. The number of carbonyl (C=O) groups is 2. The van der Waals surface area contributed by atoms with Gasteiger partial charge in [0.1, 0.15) is 29.8 Å². The Morgan fingerprint density at radius 1 is 0.857 bits per heavy atom. The Morgan fingerprint density at radius 3 is 2.02 bits per heavy atom. The first kappa shape index (κ1) is 32.3. The number of hydrogen-bond donors (Lipinski definition) is 1. The van der Waals surface area contributed by atoms with E-state index < -0.39 is 28.5 Å². The molecule has 0 aromatic heterocycles. The number of aryl methyl sites for hydroxylation is 1. The number of rotatable bonds is 14. The molecule has 1 unspecified atom stereocenters. The number of likely N-dealkylation sites (N-methyl/N-ethyl adjacent to an activating group) is 1. The second kappa shape index (κ2) is 14.6. The molecule has 0 saturated carbocycles. The van der Waals surface area contributed by atoms with Gasteiger partial charge in [0.2, 0.25) is 11.8 Å². The zero-order chi connectivity index (χ0) is 30.9. The maximum atomic E-state index is 14.2. The van der Waals surface area contributed by atoms with Gasteiger partial charge in [0.15, 0.2) is 0 Å². The fourth-order valence-corrected chi connectivity index (χ4v) is 5.90. The van der Waals surface area contributed by atoms with Crippen LogP contribution >= 0.6 is 0 Å². The number of nitrogens with one attached hydrogen (secondary N) is 1. The number of ether oxygens (including phenoxy) is 3. The van der Waals surface area contributed by atoms with Gasteiger partial charge in [0, 0.05) is 19.2 Å². The maximum absolute atomic E-state index is 14.2. The lowest BCUT2D eigenvalue weighted by atomic mass is 10.1. The van der Waals surface area contributed by atoms with Crippen molar-refractivity contribution >= 4 is 27.5 Å². The van der Waals surface area contributed by atoms with Crippen LogP contribution in [0.15, 0.2) is 71.6 Å². The van der Waals surface area contributed by atoms with Crippen LogP contribution in [0.3, 0.4) is 0 Å². The smallest absolute Gasteiger partial charge is 0.264 e. The molecule has 0 aliphatic heterocycles. The van der Waals surface area contributed by atoms with E-state index in [1.807, 2.05) is 6.92 Å². The molecule has 3 rings (SSSR count). The fourth-order valence-electron chi connectivity index (χ4n) is 4.48. The van der Waals surface area contributed by atoms with Gasteiger partial charge < -0.3 is 24.4 Å². The van der Waals surface area contributed by atoms with Crippen molar-refractivity contribution < 1.29 is 32.2 Å². The third kappa shape index (κ3) is 7.52. The summed E-state index contributed by atoms with van der Waals surface area (Å²) in [5.74, 6) is 0.370. The number of hydrogen-bond acceptors (Lipinski definition) is 7. The molecule has 3 aromatic carbocycles. The van der Waals surface area contributed by atoms with Crippen molar-refractivity contribution in [1.29, 1.82) is 0 Å². The second-order valence-electron chi connectivity index (χ2n) is 9.55. The summed E-state index contributed by atoms with van der Waals surface area (Å²) in [6.07, 6.45) is 0.320. The quantitative estimate of drug-likeness (QED) is 0.297. The summed E-state index contributed by atoms with van der Waals surface area (Å²) in [6, 6.07) is 17.4. The maximum Gasteiger partial charge on any atom is 0.264 e. The molecule has 0 aliphatic rings. The van der Waals surface area contributed by atoms with Crippen molar-refractivity contribution in [1.82, 2.24) is 10.2 Å². The highest BCUT2D eigenvalue weighted by molar-refractivity contribution is 7.92. The van der Waals surface area contributed by atoms with Crippen LogP contribution in [0.4, 0.5) is 5.69 Å². The Hall–Kier alpha value is -4.25. The van der Waals surface area contributed by atoms with Crippen molar-refractivity contribution in [3.8, 4) is 17.2 Å². The topological polar surface area (TPSA) is 114 Å². The highest BCUT2D eigenvalue weighted by atomic mass is 32.2. The Bertz CT molecular complexity index is 1460. The second-order valence-corrected chi connectivity index (χ2v) is 11.4. The highest BCUT2D eigenvalue weighted by Gasteiger charge is 2.35.